The lowest BCUT2D eigenvalue weighted by Crippen LogP contribution is -2.35. The molecule has 0 radical (unpaired) electrons. The number of carbonyl (C=O) groups is 1. The van der Waals surface area contributed by atoms with Gasteiger partial charge >= 0.3 is 5.97 Å². The quantitative estimate of drug-likeness (QED) is 0.674. The zero-order chi connectivity index (χ0) is 15.6. The maximum atomic E-state index is 12.5. The van der Waals surface area contributed by atoms with E-state index in [-0.39, 0.29) is 0 Å². The standard InChI is InChI=1S/C13H17ClN2O4S/c1-8-10(6-7-12(14)15-8)16-21(18,19)11-5-3-4-9(11)13(17)20-2/h6-7,9,11,16H,3-5H2,1-2H3. The van der Waals surface area contributed by atoms with Crippen LogP contribution in [0.1, 0.15) is 25.0 Å². The third kappa shape index (κ3) is 3.47. The van der Waals surface area contributed by atoms with E-state index in [1.165, 1.54) is 13.2 Å². The van der Waals surface area contributed by atoms with Crippen LogP contribution in [0.2, 0.25) is 5.15 Å². The fourth-order valence-electron chi connectivity index (χ4n) is 2.59. The van der Waals surface area contributed by atoms with Crippen molar-refractivity contribution in [2.75, 3.05) is 11.8 Å². The van der Waals surface area contributed by atoms with E-state index >= 15 is 0 Å². The van der Waals surface area contributed by atoms with Gasteiger partial charge in [-0.25, -0.2) is 13.4 Å². The summed E-state index contributed by atoms with van der Waals surface area (Å²) in [6, 6.07) is 3.07. The van der Waals surface area contributed by atoms with E-state index in [4.69, 9.17) is 11.6 Å². The molecule has 2 unspecified atom stereocenters. The van der Waals surface area contributed by atoms with Gasteiger partial charge in [-0.15, -0.1) is 0 Å². The van der Waals surface area contributed by atoms with E-state index in [0.29, 0.717) is 35.8 Å². The number of aryl methyl sites for hydroxylation is 1. The summed E-state index contributed by atoms with van der Waals surface area (Å²) < 4.78 is 32.2. The second-order valence-corrected chi connectivity index (χ2v) is 7.30. The molecule has 0 aliphatic heterocycles. The number of halogens is 1. The first-order valence-electron chi connectivity index (χ1n) is 6.58. The number of rotatable bonds is 4. The molecule has 0 aromatic carbocycles. The molecule has 1 aromatic rings. The summed E-state index contributed by atoms with van der Waals surface area (Å²) in [5, 5.41) is -0.483. The van der Waals surface area contributed by atoms with Crippen LogP contribution >= 0.6 is 11.6 Å². The number of nitrogens with one attached hydrogen (secondary N) is 1. The molecule has 8 heteroatoms. The average molecular weight is 333 g/mol. The molecule has 2 rings (SSSR count). The molecule has 1 aliphatic carbocycles. The lowest BCUT2D eigenvalue weighted by atomic mass is 10.1. The Labute approximate surface area is 128 Å². The van der Waals surface area contributed by atoms with Crippen LogP contribution in [0.4, 0.5) is 5.69 Å². The van der Waals surface area contributed by atoms with E-state index in [2.05, 4.69) is 14.4 Å². The highest BCUT2D eigenvalue weighted by Crippen LogP contribution is 2.33. The minimum absolute atomic E-state index is 0.295. The Kier molecular flexibility index (Phi) is 4.73. The molecular weight excluding hydrogens is 316 g/mol. The number of hydrogen-bond donors (Lipinski definition) is 1. The second kappa shape index (κ2) is 6.19. The Balaban J connectivity index is 2.23. The van der Waals surface area contributed by atoms with Crippen molar-refractivity contribution in [1.82, 2.24) is 4.98 Å². The number of hydrogen-bond acceptors (Lipinski definition) is 5. The van der Waals surface area contributed by atoms with Crippen molar-refractivity contribution in [3.63, 3.8) is 0 Å². The number of anilines is 1. The number of sulfonamides is 1. The number of esters is 1. The van der Waals surface area contributed by atoms with E-state index in [1.54, 1.807) is 13.0 Å². The first-order chi connectivity index (χ1) is 9.85. The Bertz CT molecular complexity index is 648. The molecule has 1 saturated carbocycles. The Hall–Kier alpha value is -1.34. The van der Waals surface area contributed by atoms with Crippen LogP contribution in [0.5, 0.6) is 0 Å². The first kappa shape index (κ1) is 16.0. The van der Waals surface area contributed by atoms with Gasteiger partial charge in [0.05, 0.1) is 29.7 Å². The minimum Gasteiger partial charge on any atom is -0.469 e. The largest absolute Gasteiger partial charge is 0.469 e. The van der Waals surface area contributed by atoms with Gasteiger partial charge in [0, 0.05) is 0 Å². The molecule has 1 aliphatic rings. The zero-order valence-electron chi connectivity index (χ0n) is 11.8. The van der Waals surface area contributed by atoms with Crippen molar-refractivity contribution in [1.29, 1.82) is 0 Å². The number of pyridine rings is 1. The van der Waals surface area contributed by atoms with Crippen LogP contribution in [-0.4, -0.2) is 31.7 Å². The van der Waals surface area contributed by atoms with Crippen molar-refractivity contribution < 1.29 is 17.9 Å². The van der Waals surface area contributed by atoms with Crippen LogP contribution in [-0.2, 0) is 19.6 Å². The molecular formula is C13H17ClN2O4S. The molecule has 116 valence electrons. The van der Waals surface area contributed by atoms with Gasteiger partial charge in [-0.3, -0.25) is 9.52 Å². The third-order valence-electron chi connectivity index (χ3n) is 3.66. The Morgan fingerprint density at radius 3 is 2.76 bits per heavy atom. The van der Waals surface area contributed by atoms with Crippen molar-refractivity contribution in [3.05, 3.63) is 23.0 Å². The topological polar surface area (TPSA) is 85.4 Å². The Morgan fingerprint density at radius 1 is 1.43 bits per heavy atom. The molecule has 0 amide bonds. The van der Waals surface area contributed by atoms with Crippen LogP contribution in [0.15, 0.2) is 12.1 Å². The predicted molar refractivity (Wildman–Crippen MR) is 79.7 cm³/mol. The Morgan fingerprint density at radius 2 is 2.14 bits per heavy atom. The minimum atomic E-state index is -3.69. The summed E-state index contributed by atoms with van der Waals surface area (Å²) in [6.07, 6.45) is 1.65. The molecule has 21 heavy (non-hydrogen) atoms. The monoisotopic (exact) mass is 332 g/mol. The highest BCUT2D eigenvalue weighted by Gasteiger charge is 2.42. The summed E-state index contributed by atoms with van der Waals surface area (Å²) in [5.41, 5.74) is 0.855. The maximum Gasteiger partial charge on any atom is 0.310 e. The lowest BCUT2D eigenvalue weighted by Gasteiger charge is -2.19. The smallest absolute Gasteiger partial charge is 0.310 e. The van der Waals surface area contributed by atoms with Crippen LogP contribution in [0, 0.1) is 12.8 Å². The number of ether oxygens (including phenoxy) is 1. The normalized spacial score (nSPS) is 22.0. The highest BCUT2D eigenvalue weighted by molar-refractivity contribution is 7.93. The fraction of sp³-hybridized carbons (Fsp3) is 0.538. The molecule has 0 saturated heterocycles. The number of nitrogens with zero attached hydrogens (tertiary/aromatic N) is 1. The third-order valence-corrected chi connectivity index (χ3v) is 5.74. The molecule has 1 fully saturated rings. The maximum absolute atomic E-state index is 12.5. The lowest BCUT2D eigenvalue weighted by molar-refractivity contribution is -0.145. The number of methoxy groups -OCH3 is 1. The molecule has 1 aromatic heterocycles. The predicted octanol–water partition coefficient (Wildman–Crippen LogP) is 2.13. The molecule has 0 spiro atoms. The van der Waals surface area contributed by atoms with E-state index < -0.39 is 27.2 Å². The number of aromatic nitrogens is 1. The van der Waals surface area contributed by atoms with E-state index in [0.717, 1.165) is 0 Å². The van der Waals surface area contributed by atoms with Gasteiger partial charge in [0.15, 0.2) is 0 Å². The zero-order valence-corrected chi connectivity index (χ0v) is 13.4. The van der Waals surface area contributed by atoms with E-state index in [1.807, 2.05) is 0 Å². The summed E-state index contributed by atoms with van der Waals surface area (Å²) in [4.78, 5) is 15.7. The van der Waals surface area contributed by atoms with Crippen molar-refractivity contribution in [2.24, 2.45) is 5.92 Å². The van der Waals surface area contributed by atoms with Crippen LogP contribution in [0.3, 0.4) is 0 Å². The van der Waals surface area contributed by atoms with Crippen molar-refractivity contribution >= 4 is 33.3 Å². The summed E-state index contributed by atoms with van der Waals surface area (Å²) in [6.45, 7) is 1.66. The molecule has 1 heterocycles. The van der Waals surface area contributed by atoms with Gasteiger partial charge in [-0.05, 0) is 31.9 Å². The molecule has 0 bridgehead atoms. The summed E-state index contributed by atoms with van der Waals surface area (Å²) in [5.74, 6) is -1.10. The van der Waals surface area contributed by atoms with Gasteiger partial charge in [-0.1, -0.05) is 18.0 Å². The summed E-state index contributed by atoms with van der Waals surface area (Å²) in [7, 11) is -2.42. The first-order valence-corrected chi connectivity index (χ1v) is 8.50. The van der Waals surface area contributed by atoms with Crippen LogP contribution < -0.4 is 4.72 Å². The van der Waals surface area contributed by atoms with E-state index in [9.17, 15) is 13.2 Å². The van der Waals surface area contributed by atoms with Gasteiger partial charge < -0.3 is 4.74 Å². The van der Waals surface area contributed by atoms with Crippen molar-refractivity contribution in [2.45, 2.75) is 31.4 Å². The molecule has 6 nitrogen and oxygen atoms in total. The van der Waals surface area contributed by atoms with Gasteiger partial charge in [0.1, 0.15) is 5.15 Å². The average Bonchev–Trinajstić information content (AvgIpc) is 2.91. The van der Waals surface area contributed by atoms with Gasteiger partial charge in [0.2, 0.25) is 10.0 Å². The SMILES string of the molecule is COC(=O)C1CCCC1S(=O)(=O)Nc1ccc(Cl)nc1C. The fourth-order valence-corrected chi connectivity index (χ4v) is 4.61. The van der Waals surface area contributed by atoms with Crippen molar-refractivity contribution in [3.8, 4) is 0 Å². The summed E-state index contributed by atoms with van der Waals surface area (Å²) >= 11 is 5.75. The van der Waals surface area contributed by atoms with Gasteiger partial charge in [0.25, 0.3) is 0 Å². The molecule has 1 N–H and O–H groups in total. The second-order valence-electron chi connectivity index (χ2n) is 5.01. The highest BCUT2D eigenvalue weighted by atomic mass is 35.5. The molecule has 2 atom stereocenters. The van der Waals surface area contributed by atoms with Gasteiger partial charge in [-0.2, -0.15) is 0 Å². The van der Waals surface area contributed by atoms with Crippen LogP contribution in [0.25, 0.3) is 0 Å². The number of carbonyl (C=O) groups excluding carboxylic acids is 1.